The molecule has 3 rings (SSSR count). The van der Waals surface area contributed by atoms with Gasteiger partial charge in [0.05, 0.1) is 20.3 Å². The van der Waals surface area contributed by atoms with Crippen LogP contribution in [0.25, 0.3) is 12.2 Å². The molecule has 0 spiro atoms. The number of oxazole rings is 1. The molecule has 0 aliphatic heterocycles. The van der Waals surface area contributed by atoms with Crippen LogP contribution in [0, 0.1) is 17.1 Å². The smallest absolute Gasteiger partial charge is 0.232 e. The number of nitriles is 1. The second-order valence-corrected chi connectivity index (χ2v) is 7.20. The SMILES string of the molecule is COc1ccc(C(CNc2oc(C=Cc3ccc(F)cc3)nc2C#N)N(C)C)cc1OC. The number of rotatable bonds is 9. The first-order valence-electron chi connectivity index (χ1n) is 9.92. The Labute approximate surface area is 186 Å². The Morgan fingerprint density at radius 1 is 1.12 bits per heavy atom. The minimum absolute atomic E-state index is 0.0374. The minimum atomic E-state index is -0.304. The highest BCUT2D eigenvalue weighted by molar-refractivity contribution is 5.67. The summed E-state index contributed by atoms with van der Waals surface area (Å²) >= 11 is 0. The van der Waals surface area contributed by atoms with Gasteiger partial charge in [-0.05, 0) is 55.6 Å². The molecule has 166 valence electrons. The summed E-state index contributed by atoms with van der Waals surface area (Å²) in [5.74, 6) is 1.56. The number of aromatic nitrogens is 1. The van der Waals surface area contributed by atoms with Gasteiger partial charge in [-0.3, -0.25) is 0 Å². The molecule has 32 heavy (non-hydrogen) atoms. The van der Waals surface area contributed by atoms with E-state index in [1.807, 2.05) is 43.3 Å². The van der Waals surface area contributed by atoms with Gasteiger partial charge in [0.1, 0.15) is 11.9 Å². The summed E-state index contributed by atoms with van der Waals surface area (Å²) in [6.07, 6.45) is 3.37. The molecule has 0 fully saturated rings. The summed E-state index contributed by atoms with van der Waals surface area (Å²) in [6.45, 7) is 0.466. The molecule has 0 bridgehead atoms. The fourth-order valence-corrected chi connectivity index (χ4v) is 3.19. The van der Waals surface area contributed by atoms with E-state index in [2.05, 4.69) is 10.3 Å². The Hall–Kier alpha value is -3.83. The van der Waals surface area contributed by atoms with Crippen molar-refractivity contribution in [1.29, 1.82) is 5.26 Å². The Balaban J connectivity index is 1.77. The monoisotopic (exact) mass is 436 g/mol. The number of nitrogens with one attached hydrogen (secondary N) is 1. The first-order chi connectivity index (χ1) is 15.4. The average molecular weight is 436 g/mol. The molecule has 1 atom stereocenters. The minimum Gasteiger partial charge on any atom is -0.493 e. The van der Waals surface area contributed by atoms with Crippen LogP contribution in [0.1, 0.15) is 28.8 Å². The van der Waals surface area contributed by atoms with Crippen molar-refractivity contribution in [3.05, 3.63) is 71.0 Å². The average Bonchev–Trinajstić information content (AvgIpc) is 3.20. The highest BCUT2D eigenvalue weighted by Crippen LogP contribution is 2.31. The number of ether oxygens (including phenoxy) is 2. The third-order valence-corrected chi connectivity index (χ3v) is 4.91. The lowest BCUT2D eigenvalue weighted by Crippen LogP contribution is -2.27. The van der Waals surface area contributed by atoms with Gasteiger partial charge < -0.3 is 24.1 Å². The Kier molecular flexibility index (Phi) is 7.47. The lowest BCUT2D eigenvalue weighted by molar-refractivity contribution is 0.307. The fraction of sp³-hybridized carbons (Fsp3) is 0.250. The number of nitrogens with zero attached hydrogens (tertiary/aromatic N) is 3. The van der Waals surface area contributed by atoms with Gasteiger partial charge in [0.2, 0.25) is 17.5 Å². The van der Waals surface area contributed by atoms with Crippen LogP contribution in [0.4, 0.5) is 10.3 Å². The molecule has 1 aromatic heterocycles. The van der Waals surface area contributed by atoms with Crippen molar-refractivity contribution >= 4 is 18.0 Å². The summed E-state index contributed by atoms with van der Waals surface area (Å²) in [6, 6.07) is 13.8. The second-order valence-electron chi connectivity index (χ2n) is 7.20. The van der Waals surface area contributed by atoms with E-state index in [1.54, 1.807) is 38.5 Å². The Morgan fingerprint density at radius 2 is 1.84 bits per heavy atom. The largest absolute Gasteiger partial charge is 0.493 e. The third kappa shape index (κ3) is 5.45. The molecule has 0 radical (unpaired) electrons. The van der Waals surface area contributed by atoms with Gasteiger partial charge in [0, 0.05) is 12.6 Å². The van der Waals surface area contributed by atoms with Crippen molar-refractivity contribution in [1.82, 2.24) is 9.88 Å². The lowest BCUT2D eigenvalue weighted by atomic mass is 10.1. The molecule has 1 unspecified atom stereocenters. The van der Waals surface area contributed by atoms with Gasteiger partial charge >= 0.3 is 0 Å². The highest BCUT2D eigenvalue weighted by atomic mass is 19.1. The summed E-state index contributed by atoms with van der Waals surface area (Å²) in [4.78, 5) is 6.25. The number of anilines is 1. The van der Waals surface area contributed by atoms with Gasteiger partial charge in [-0.25, -0.2) is 4.39 Å². The molecule has 3 aromatic rings. The Bertz CT molecular complexity index is 1120. The third-order valence-electron chi connectivity index (χ3n) is 4.91. The van der Waals surface area contributed by atoms with Crippen LogP contribution in [-0.4, -0.2) is 44.7 Å². The van der Waals surface area contributed by atoms with Crippen molar-refractivity contribution in [3.63, 3.8) is 0 Å². The zero-order chi connectivity index (χ0) is 23.1. The van der Waals surface area contributed by atoms with Gasteiger partial charge in [-0.15, -0.1) is 0 Å². The van der Waals surface area contributed by atoms with Gasteiger partial charge in [-0.2, -0.15) is 10.2 Å². The molecule has 2 aromatic carbocycles. The van der Waals surface area contributed by atoms with E-state index >= 15 is 0 Å². The summed E-state index contributed by atoms with van der Waals surface area (Å²) in [5.41, 5.74) is 1.96. The molecule has 7 nitrogen and oxygen atoms in total. The standard InChI is InChI=1S/C24H25FN4O3/c1-29(2)20(17-8-11-21(30-3)22(13-17)31-4)15-27-24-19(14-26)28-23(32-24)12-7-16-5-9-18(25)10-6-16/h5-13,20,27H,15H2,1-4H3. The number of methoxy groups -OCH3 is 2. The first-order valence-corrected chi connectivity index (χ1v) is 9.92. The molecule has 0 saturated carbocycles. The zero-order valence-corrected chi connectivity index (χ0v) is 18.4. The number of likely N-dealkylation sites (N-methyl/N-ethyl adjacent to an activating group) is 1. The van der Waals surface area contributed by atoms with E-state index in [0.717, 1.165) is 11.1 Å². The molecule has 0 aliphatic rings. The van der Waals surface area contributed by atoms with Crippen LogP contribution in [0.15, 0.2) is 46.9 Å². The molecule has 0 saturated heterocycles. The lowest BCUT2D eigenvalue weighted by Gasteiger charge is -2.25. The predicted octanol–water partition coefficient (Wildman–Crippen LogP) is 4.59. The van der Waals surface area contributed by atoms with Crippen LogP contribution in [0.5, 0.6) is 11.5 Å². The van der Waals surface area contributed by atoms with Gasteiger partial charge in [0.15, 0.2) is 11.5 Å². The van der Waals surface area contributed by atoms with Gasteiger partial charge in [0.25, 0.3) is 0 Å². The highest BCUT2D eigenvalue weighted by Gasteiger charge is 2.19. The van der Waals surface area contributed by atoms with Crippen molar-refractivity contribution in [2.45, 2.75) is 6.04 Å². The van der Waals surface area contributed by atoms with Crippen LogP contribution in [-0.2, 0) is 0 Å². The normalized spacial score (nSPS) is 12.0. The fourth-order valence-electron chi connectivity index (χ4n) is 3.19. The van der Waals surface area contributed by atoms with E-state index < -0.39 is 0 Å². The van der Waals surface area contributed by atoms with E-state index in [0.29, 0.717) is 23.9 Å². The number of halogens is 1. The van der Waals surface area contributed by atoms with Crippen molar-refractivity contribution in [2.24, 2.45) is 0 Å². The summed E-state index contributed by atoms with van der Waals surface area (Å²) in [7, 11) is 7.12. The van der Waals surface area contributed by atoms with Gasteiger partial charge in [-0.1, -0.05) is 18.2 Å². The van der Waals surface area contributed by atoms with Crippen molar-refractivity contribution < 1.29 is 18.3 Å². The topological polar surface area (TPSA) is 83.5 Å². The van der Waals surface area contributed by atoms with E-state index in [-0.39, 0.29) is 23.4 Å². The molecular weight excluding hydrogens is 411 g/mol. The molecule has 1 N–H and O–H groups in total. The van der Waals surface area contributed by atoms with E-state index in [9.17, 15) is 9.65 Å². The maximum Gasteiger partial charge on any atom is 0.232 e. The van der Waals surface area contributed by atoms with Crippen molar-refractivity contribution in [3.8, 4) is 17.6 Å². The van der Waals surface area contributed by atoms with Crippen molar-refractivity contribution in [2.75, 3.05) is 40.2 Å². The second kappa shape index (κ2) is 10.5. The first kappa shape index (κ1) is 22.8. The Morgan fingerprint density at radius 3 is 2.47 bits per heavy atom. The maximum absolute atomic E-state index is 13.0. The number of benzene rings is 2. The maximum atomic E-state index is 13.0. The quantitative estimate of drug-likeness (QED) is 0.525. The van der Waals surface area contributed by atoms with Crippen LogP contribution in [0.2, 0.25) is 0 Å². The molecule has 0 aliphatic carbocycles. The van der Waals surface area contributed by atoms with E-state index in [4.69, 9.17) is 13.9 Å². The molecule has 0 amide bonds. The van der Waals surface area contributed by atoms with E-state index in [1.165, 1.54) is 12.1 Å². The number of hydrogen-bond acceptors (Lipinski definition) is 7. The molecule has 8 heteroatoms. The van der Waals surface area contributed by atoms with Crippen LogP contribution >= 0.6 is 0 Å². The molecular formula is C24H25FN4O3. The summed E-state index contributed by atoms with van der Waals surface area (Å²) < 4.78 is 29.5. The van der Waals surface area contributed by atoms with Crippen LogP contribution < -0.4 is 14.8 Å². The number of hydrogen-bond donors (Lipinski definition) is 1. The molecule has 1 heterocycles. The summed E-state index contributed by atoms with van der Waals surface area (Å²) in [5, 5.41) is 12.6. The predicted molar refractivity (Wildman–Crippen MR) is 121 cm³/mol. The zero-order valence-electron chi connectivity index (χ0n) is 18.4. The van der Waals surface area contributed by atoms with Crippen LogP contribution in [0.3, 0.4) is 0 Å².